The summed E-state index contributed by atoms with van der Waals surface area (Å²) in [7, 11) is 0. The first-order valence-corrected chi connectivity index (χ1v) is 6.32. The predicted octanol–water partition coefficient (Wildman–Crippen LogP) is 3.74. The summed E-state index contributed by atoms with van der Waals surface area (Å²) in [5.74, 6) is 2.84. The van der Waals surface area contributed by atoms with Crippen LogP contribution in [0.1, 0.15) is 52.9 Å². The Morgan fingerprint density at radius 2 is 1.93 bits per heavy atom. The molecule has 84 valence electrons. The molecule has 1 fully saturated rings. The van der Waals surface area contributed by atoms with Crippen LogP contribution in [-0.2, 0) is 4.79 Å². The summed E-state index contributed by atoms with van der Waals surface area (Å²) in [5.41, 5.74) is 2.61. The Labute approximate surface area is 92.9 Å². The van der Waals surface area contributed by atoms with Crippen LogP contribution in [0.15, 0.2) is 11.1 Å². The second-order valence-corrected chi connectivity index (χ2v) is 5.59. The minimum Gasteiger partial charge on any atom is -0.295 e. The van der Waals surface area contributed by atoms with Gasteiger partial charge in [-0.05, 0) is 55.9 Å². The zero-order valence-corrected chi connectivity index (χ0v) is 10.2. The lowest BCUT2D eigenvalue weighted by molar-refractivity contribution is -0.116. The summed E-state index contributed by atoms with van der Waals surface area (Å²) in [6.45, 7) is 6.71. The molecule has 0 heterocycles. The Morgan fingerprint density at radius 1 is 1.20 bits per heavy atom. The van der Waals surface area contributed by atoms with Crippen molar-refractivity contribution in [2.45, 2.75) is 52.9 Å². The van der Waals surface area contributed by atoms with Crippen LogP contribution in [0, 0.1) is 17.8 Å². The average molecular weight is 206 g/mol. The molecule has 0 saturated heterocycles. The van der Waals surface area contributed by atoms with Crippen LogP contribution >= 0.6 is 0 Å². The molecule has 1 saturated carbocycles. The number of fused-ring (bicyclic) bond motifs is 1. The third-order valence-corrected chi connectivity index (χ3v) is 4.43. The quantitative estimate of drug-likeness (QED) is 0.638. The lowest BCUT2D eigenvalue weighted by atomic mass is 9.68. The summed E-state index contributed by atoms with van der Waals surface area (Å²) >= 11 is 0. The molecule has 0 radical (unpaired) electrons. The maximum atomic E-state index is 11.6. The molecule has 2 aliphatic carbocycles. The van der Waals surface area contributed by atoms with E-state index in [1.54, 1.807) is 0 Å². The normalized spacial score (nSPS) is 32.1. The van der Waals surface area contributed by atoms with E-state index in [1.165, 1.54) is 24.8 Å². The molecule has 0 amide bonds. The van der Waals surface area contributed by atoms with Gasteiger partial charge in [-0.15, -0.1) is 0 Å². The van der Waals surface area contributed by atoms with Crippen molar-refractivity contribution in [3.8, 4) is 0 Å². The van der Waals surface area contributed by atoms with Gasteiger partial charge >= 0.3 is 0 Å². The van der Waals surface area contributed by atoms with Gasteiger partial charge in [0.15, 0.2) is 5.78 Å². The molecule has 1 nitrogen and oxygen atoms in total. The summed E-state index contributed by atoms with van der Waals surface area (Å²) in [5, 5.41) is 0. The molecule has 1 heteroatoms. The van der Waals surface area contributed by atoms with Crippen molar-refractivity contribution in [3.05, 3.63) is 11.1 Å². The molecule has 15 heavy (non-hydrogen) atoms. The van der Waals surface area contributed by atoms with Gasteiger partial charge in [-0.25, -0.2) is 0 Å². The zero-order valence-electron chi connectivity index (χ0n) is 10.2. The molecule has 0 spiro atoms. The number of rotatable bonds is 1. The zero-order chi connectivity index (χ0) is 11.0. The minimum atomic E-state index is 0.407. The molecule has 0 bridgehead atoms. The molecule has 0 aromatic rings. The lowest BCUT2D eigenvalue weighted by Crippen LogP contribution is -2.27. The third-order valence-electron chi connectivity index (χ3n) is 4.43. The van der Waals surface area contributed by atoms with Crippen LogP contribution in [0.4, 0.5) is 0 Å². The Hall–Kier alpha value is -0.590. The summed E-state index contributed by atoms with van der Waals surface area (Å²) < 4.78 is 0. The van der Waals surface area contributed by atoms with E-state index < -0.39 is 0 Å². The fourth-order valence-corrected chi connectivity index (χ4v) is 3.23. The van der Waals surface area contributed by atoms with Crippen LogP contribution in [0.2, 0.25) is 0 Å². The number of hydrogen-bond acceptors (Lipinski definition) is 1. The van der Waals surface area contributed by atoms with E-state index in [0.29, 0.717) is 5.78 Å². The smallest absolute Gasteiger partial charge is 0.158 e. The van der Waals surface area contributed by atoms with Gasteiger partial charge in [0.05, 0.1) is 0 Å². The highest BCUT2D eigenvalue weighted by Gasteiger charge is 2.32. The molecule has 2 atom stereocenters. The first kappa shape index (κ1) is 10.9. The summed E-state index contributed by atoms with van der Waals surface area (Å²) in [6.07, 6.45) is 5.73. The van der Waals surface area contributed by atoms with Crippen molar-refractivity contribution in [1.29, 1.82) is 0 Å². The van der Waals surface area contributed by atoms with Crippen LogP contribution < -0.4 is 0 Å². The fourth-order valence-electron chi connectivity index (χ4n) is 3.23. The van der Waals surface area contributed by atoms with Crippen LogP contribution in [0.25, 0.3) is 0 Å². The largest absolute Gasteiger partial charge is 0.295 e. The van der Waals surface area contributed by atoms with E-state index in [0.717, 1.165) is 36.2 Å². The average Bonchev–Trinajstić information content (AvgIpc) is 2.23. The van der Waals surface area contributed by atoms with Gasteiger partial charge in [-0.2, -0.15) is 0 Å². The monoisotopic (exact) mass is 206 g/mol. The number of carbonyl (C=O) groups excluding carboxylic acids is 1. The molecular formula is C14H22O. The van der Waals surface area contributed by atoms with Crippen molar-refractivity contribution < 1.29 is 4.79 Å². The Kier molecular flexibility index (Phi) is 2.99. The molecule has 0 aliphatic heterocycles. The van der Waals surface area contributed by atoms with E-state index in [2.05, 4.69) is 13.8 Å². The molecule has 0 N–H and O–H groups in total. The molecular weight excluding hydrogens is 184 g/mol. The standard InChI is InChI=1S/C14H22O/c1-9(2)11-4-6-13-10(3)14(15)7-5-12(13)8-11/h9,11-12H,4-8H2,1-3H3. The number of Topliss-reactive ketones (excluding diaryl/α,β-unsaturated/α-hetero) is 1. The van der Waals surface area contributed by atoms with Gasteiger partial charge in [-0.3, -0.25) is 4.79 Å². The van der Waals surface area contributed by atoms with Crippen molar-refractivity contribution in [2.24, 2.45) is 17.8 Å². The topological polar surface area (TPSA) is 17.1 Å². The van der Waals surface area contributed by atoms with Crippen molar-refractivity contribution in [1.82, 2.24) is 0 Å². The van der Waals surface area contributed by atoms with E-state index in [-0.39, 0.29) is 0 Å². The maximum absolute atomic E-state index is 11.6. The van der Waals surface area contributed by atoms with E-state index in [9.17, 15) is 4.79 Å². The molecule has 2 rings (SSSR count). The van der Waals surface area contributed by atoms with Gasteiger partial charge in [0, 0.05) is 6.42 Å². The predicted molar refractivity (Wildman–Crippen MR) is 62.6 cm³/mol. The van der Waals surface area contributed by atoms with E-state index >= 15 is 0 Å². The molecule has 0 aromatic carbocycles. The van der Waals surface area contributed by atoms with Gasteiger partial charge in [0.25, 0.3) is 0 Å². The van der Waals surface area contributed by atoms with Gasteiger partial charge in [0.2, 0.25) is 0 Å². The van der Waals surface area contributed by atoms with Crippen molar-refractivity contribution >= 4 is 5.78 Å². The maximum Gasteiger partial charge on any atom is 0.158 e. The van der Waals surface area contributed by atoms with Gasteiger partial charge in [-0.1, -0.05) is 19.4 Å². The van der Waals surface area contributed by atoms with Gasteiger partial charge in [0.1, 0.15) is 0 Å². The highest BCUT2D eigenvalue weighted by molar-refractivity contribution is 5.96. The number of ketones is 1. The van der Waals surface area contributed by atoms with Crippen LogP contribution in [-0.4, -0.2) is 5.78 Å². The Morgan fingerprint density at radius 3 is 2.60 bits per heavy atom. The van der Waals surface area contributed by atoms with Crippen LogP contribution in [0.3, 0.4) is 0 Å². The fraction of sp³-hybridized carbons (Fsp3) is 0.786. The number of hydrogen-bond donors (Lipinski definition) is 0. The minimum absolute atomic E-state index is 0.407. The summed E-state index contributed by atoms with van der Waals surface area (Å²) in [6, 6.07) is 0. The van der Waals surface area contributed by atoms with Gasteiger partial charge < -0.3 is 0 Å². The molecule has 0 aromatic heterocycles. The molecule has 2 aliphatic rings. The number of allylic oxidation sites excluding steroid dienone is 2. The Balaban J connectivity index is 2.15. The van der Waals surface area contributed by atoms with Crippen molar-refractivity contribution in [2.75, 3.05) is 0 Å². The summed E-state index contributed by atoms with van der Waals surface area (Å²) in [4.78, 5) is 11.6. The van der Waals surface area contributed by atoms with Crippen molar-refractivity contribution in [3.63, 3.8) is 0 Å². The second kappa shape index (κ2) is 4.11. The second-order valence-electron chi connectivity index (χ2n) is 5.59. The van der Waals surface area contributed by atoms with Crippen LogP contribution in [0.5, 0.6) is 0 Å². The lowest BCUT2D eigenvalue weighted by Gasteiger charge is -2.37. The third kappa shape index (κ3) is 2.02. The highest BCUT2D eigenvalue weighted by Crippen LogP contribution is 2.43. The first-order chi connectivity index (χ1) is 7.09. The SMILES string of the molecule is CC1=C2CCC(C(C)C)CC2CCC1=O. The highest BCUT2D eigenvalue weighted by atomic mass is 16.1. The van der Waals surface area contributed by atoms with E-state index in [4.69, 9.17) is 0 Å². The van der Waals surface area contributed by atoms with E-state index in [1.807, 2.05) is 6.92 Å². The molecule has 2 unspecified atom stereocenters. The number of carbonyl (C=O) groups is 1. The first-order valence-electron chi connectivity index (χ1n) is 6.32. The Bertz CT molecular complexity index is 298.